The Labute approximate surface area is 221 Å². The van der Waals surface area contributed by atoms with Gasteiger partial charge in [-0.25, -0.2) is 4.79 Å². The fourth-order valence-corrected chi connectivity index (χ4v) is 6.18. The molecule has 2 aliphatic rings. The highest BCUT2D eigenvalue weighted by Crippen LogP contribution is 2.45. The number of hydrogen-bond donors (Lipinski definition) is 3. The molecule has 1 aliphatic heterocycles. The molecule has 1 saturated heterocycles. The number of halogens is 1. The van der Waals surface area contributed by atoms with Gasteiger partial charge >= 0.3 is 6.03 Å². The van der Waals surface area contributed by atoms with Gasteiger partial charge in [-0.05, 0) is 74.2 Å². The number of nitrogens with one attached hydrogen (secondary N) is 3. The standard InChI is InChI=1S/C28H31ClN4O2S/c29-23-13-14-24(36-23)31-27(35)32-25(20-7-2-1-3-8-20)26(34)30-22-11-9-21(10-12-22)28(15-6-16-28)19-33-17-4-5-18-33/h1-3,7-14,25H,4-6,15-19H2,(H,30,34)(H2,31,32,35). The average molecular weight is 523 g/mol. The van der Waals surface area contributed by atoms with E-state index in [4.69, 9.17) is 11.6 Å². The molecule has 1 aliphatic carbocycles. The summed E-state index contributed by atoms with van der Waals surface area (Å²) >= 11 is 7.22. The molecule has 0 spiro atoms. The molecule has 36 heavy (non-hydrogen) atoms. The number of benzene rings is 2. The number of carbonyl (C=O) groups is 2. The third-order valence-corrected chi connectivity index (χ3v) is 8.43. The molecule has 1 saturated carbocycles. The molecule has 0 bridgehead atoms. The van der Waals surface area contributed by atoms with E-state index in [0.29, 0.717) is 20.6 Å². The molecule has 5 rings (SSSR count). The number of nitrogens with zero attached hydrogens (tertiary/aromatic N) is 1. The first-order chi connectivity index (χ1) is 17.5. The number of thiophene rings is 1. The Morgan fingerprint density at radius 1 is 0.917 bits per heavy atom. The van der Waals surface area contributed by atoms with Gasteiger partial charge in [-0.1, -0.05) is 60.5 Å². The van der Waals surface area contributed by atoms with Crippen molar-refractivity contribution < 1.29 is 9.59 Å². The lowest BCUT2D eigenvalue weighted by Crippen LogP contribution is -2.44. The number of amides is 3. The highest BCUT2D eigenvalue weighted by Gasteiger charge is 2.40. The molecule has 6 nitrogen and oxygen atoms in total. The van der Waals surface area contributed by atoms with Crippen LogP contribution in [-0.2, 0) is 10.2 Å². The van der Waals surface area contributed by atoms with Crippen LogP contribution in [0, 0.1) is 0 Å². The van der Waals surface area contributed by atoms with Crippen molar-refractivity contribution in [3.63, 3.8) is 0 Å². The number of likely N-dealkylation sites (tertiary alicyclic amines) is 1. The van der Waals surface area contributed by atoms with Crippen LogP contribution in [0.25, 0.3) is 0 Å². The van der Waals surface area contributed by atoms with Gasteiger partial charge < -0.3 is 15.5 Å². The van der Waals surface area contributed by atoms with Gasteiger partial charge in [-0.2, -0.15) is 0 Å². The van der Waals surface area contributed by atoms with Crippen LogP contribution in [-0.4, -0.2) is 36.5 Å². The summed E-state index contributed by atoms with van der Waals surface area (Å²) in [5.74, 6) is -0.302. The maximum atomic E-state index is 13.3. The Morgan fingerprint density at radius 3 is 2.25 bits per heavy atom. The Bertz CT molecular complexity index is 1190. The smallest absolute Gasteiger partial charge is 0.320 e. The van der Waals surface area contributed by atoms with Crippen LogP contribution in [0.3, 0.4) is 0 Å². The van der Waals surface area contributed by atoms with E-state index in [9.17, 15) is 9.59 Å². The minimum atomic E-state index is -0.852. The predicted molar refractivity (Wildman–Crippen MR) is 147 cm³/mol. The Kier molecular flexibility index (Phi) is 7.60. The average Bonchev–Trinajstić information content (AvgIpc) is 3.52. The van der Waals surface area contributed by atoms with E-state index < -0.39 is 12.1 Å². The van der Waals surface area contributed by atoms with E-state index in [0.717, 1.165) is 6.54 Å². The molecule has 0 radical (unpaired) electrons. The Hall–Kier alpha value is -2.87. The molecule has 3 aromatic rings. The van der Waals surface area contributed by atoms with Gasteiger partial charge in [0.15, 0.2) is 0 Å². The number of hydrogen-bond acceptors (Lipinski definition) is 4. The SMILES string of the molecule is O=C(Nc1ccc(Cl)s1)NC(C(=O)Nc1ccc(C2(CN3CCCC3)CCC2)cc1)c1ccccc1. The molecular weight excluding hydrogens is 492 g/mol. The number of carbonyl (C=O) groups excluding carboxylic acids is 2. The summed E-state index contributed by atoms with van der Waals surface area (Å²) in [6, 6.07) is 19.6. The van der Waals surface area contributed by atoms with Gasteiger partial charge in [-0.3, -0.25) is 10.1 Å². The summed E-state index contributed by atoms with van der Waals surface area (Å²) in [5, 5.41) is 9.15. The maximum Gasteiger partial charge on any atom is 0.320 e. The predicted octanol–water partition coefficient (Wildman–Crippen LogP) is 6.42. The summed E-state index contributed by atoms with van der Waals surface area (Å²) in [4.78, 5) is 28.6. The van der Waals surface area contributed by atoms with Gasteiger partial charge in [0.05, 0.1) is 9.34 Å². The quantitative estimate of drug-likeness (QED) is 0.319. The summed E-state index contributed by atoms with van der Waals surface area (Å²) in [6.07, 6.45) is 6.32. The van der Waals surface area contributed by atoms with Gasteiger partial charge in [0.2, 0.25) is 0 Å². The topological polar surface area (TPSA) is 73.5 Å². The second-order valence-electron chi connectivity index (χ2n) is 9.73. The Balaban J connectivity index is 1.27. The van der Waals surface area contributed by atoms with Crippen LogP contribution in [0.1, 0.15) is 49.3 Å². The summed E-state index contributed by atoms with van der Waals surface area (Å²) < 4.78 is 0.579. The largest absolute Gasteiger partial charge is 0.324 e. The zero-order valence-electron chi connectivity index (χ0n) is 20.1. The van der Waals surface area contributed by atoms with Crippen LogP contribution in [0.2, 0.25) is 4.34 Å². The first-order valence-electron chi connectivity index (χ1n) is 12.5. The van der Waals surface area contributed by atoms with E-state index in [2.05, 4.69) is 33.0 Å². The van der Waals surface area contributed by atoms with Crippen molar-refractivity contribution in [2.75, 3.05) is 30.3 Å². The van der Waals surface area contributed by atoms with E-state index >= 15 is 0 Å². The molecular formula is C28H31ClN4O2S. The van der Waals surface area contributed by atoms with E-state index in [1.807, 2.05) is 42.5 Å². The zero-order chi connectivity index (χ0) is 25.0. The summed E-state index contributed by atoms with van der Waals surface area (Å²) in [5.41, 5.74) is 3.01. The van der Waals surface area contributed by atoms with Crippen molar-refractivity contribution in [3.05, 3.63) is 82.2 Å². The number of urea groups is 1. The van der Waals surface area contributed by atoms with Gasteiger partial charge in [0.1, 0.15) is 6.04 Å². The van der Waals surface area contributed by atoms with Crippen LogP contribution in [0.15, 0.2) is 66.7 Å². The number of anilines is 2. The lowest BCUT2D eigenvalue weighted by Gasteiger charge is -2.45. The minimum absolute atomic E-state index is 0.240. The first-order valence-corrected chi connectivity index (χ1v) is 13.7. The van der Waals surface area contributed by atoms with Crippen LogP contribution in [0.5, 0.6) is 0 Å². The van der Waals surface area contributed by atoms with Crippen molar-refractivity contribution in [2.45, 2.75) is 43.6 Å². The molecule has 2 aromatic carbocycles. The van der Waals surface area contributed by atoms with Crippen molar-refractivity contribution in [2.24, 2.45) is 0 Å². The van der Waals surface area contributed by atoms with Crippen molar-refractivity contribution in [1.82, 2.24) is 10.2 Å². The van der Waals surface area contributed by atoms with Gasteiger partial charge in [0.25, 0.3) is 5.91 Å². The second kappa shape index (κ2) is 11.0. The molecule has 1 atom stereocenters. The molecule has 2 fully saturated rings. The molecule has 1 unspecified atom stereocenters. The minimum Gasteiger partial charge on any atom is -0.324 e. The van der Waals surface area contributed by atoms with Crippen LogP contribution in [0.4, 0.5) is 15.5 Å². The molecule has 3 N–H and O–H groups in total. The van der Waals surface area contributed by atoms with Crippen molar-refractivity contribution in [3.8, 4) is 0 Å². The summed E-state index contributed by atoms with van der Waals surface area (Å²) in [7, 11) is 0. The lowest BCUT2D eigenvalue weighted by molar-refractivity contribution is -0.118. The highest BCUT2D eigenvalue weighted by atomic mass is 35.5. The van der Waals surface area contributed by atoms with Gasteiger partial charge in [0, 0.05) is 17.6 Å². The van der Waals surface area contributed by atoms with Crippen molar-refractivity contribution >= 4 is 45.6 Å². The lowest BCUT2D eigenvalue weighted by atomic mass is 9.64. The van der Waals surface area contributed by atoms with E-state index in [-0.39, 0.29) is 11.3 Å². The molecule has 188 valence electrons. The second-order valence-corrected chi connectivity index (χ2v) is 11.4. The first kappa shape index (κ1) is 24.8. The maximum absolute atomic E-state index is 13.3. The fraction of sp³-hybridized carbons (Fsp3) is 0.357. The van der Waals surface area contributed by atoms with Crippen LogP contribution < -0.4 is 16.0 Å². The van der Waals surface area contributed by atoms with Crippen molar-refractivity contribution in [1.29, 1.82) is 0 Å². The zero-order valence-corrected chi connectivity index (χ0v) is 21.7. The van der Waals surface area contributed by atoms with Crippen LogP contribution >= 0.6 is 22.9 Å². The third-order valence-electron chi connectivity index (χ3n) is 7.28. The summed E-state index contributed by atoms with van der Waals surface area (Å²) in [6.45, 7) is 3.54. The monoisotopic (exact) mass is 522 g/mol. The molecule has 8 heteroatoms. The van der Waals surface area contributed by atoms with E-state index in [1.165, 1.54) is 62.1 Å². The molecule has 2 heterocycles. The molecule has 3 amide bonds. The Morgan fingerprint density at radius 2 is 1.64 bits per heavy atom. The third kappa shape index (κ3) is 5.75. The number of rotatable bonds is 8. The molecule has 1 aromatic heterocycles. The van der Waals surface area contributed by atoms with Gasteiger partial charge in [-0.15, -0.1) is 11.3 Å². The van der Waals surface area contributed by atoms with E-state index in [1.54, 1.807) is 12.1 Å². The normalized spacial score (nSPS) is 17.7. The fourth-order valence-electron chi connectivity index (χ4n) is 5.24. The highest BCUT2D eigenvalue weighted by molar-refractivity contribution is 7.20.